The predicted octanol–water partition coefficient (Wildman–Crippen LogP) is 3.72. The van der Waals surface area contributed by atoms with Crippen molar-refractivity contribution >= 4 is 35.0 Å². The lowest BCUT2D eigenvalue weighted by Gasteiger charge is -1.99. The summed E-state index contributed by atoms with van der Waals surface area (Å²) in [7, 11) is 0. The first-order valence-corrected chi connectivity index (χ1v) is 7.30. The van der Waals surface area contributed by atoms with E-state index < -0.39 is 0 Å². The zero-order valence-electron chi connectivity index (χ0n) is 9.77. The Morgan fingerprint density at radius 2 is 2.16 bits per heavy atom. The van der Waals surface area contributed by atoms with Crippen LogP contribution in [0.1, 0.15) is 17.3 Å². The molecule has 1 aromatic carbocycles. The van der Waals surface area contributed by atoms with Gasteiger partial charge in [-0.05, 0) is 17.7 Å². The fourth-order valence-corrected chi connectivity index (χ4v) is 2.24. The fourth-order valence-electron chi connectivity index (χ4n) is 1.44. The summed E-state index contributed by atoms with van der Waals surface area (Å²) < 4.78 is 5.09. The molecule has 0 aliphatic rings. The smallest absolute Gasteiger partial charge is 0.236 e. The van der Waals surface area contributed by atoms with Crippen LogP contribution in [0.2, 0.25) is 10.0 Å². The Hall–Kier alpha value is -1.22. The predicted molar refractivity (Wildman–Crippen MR) is 75.3 cm³/mol. The Morgan fingerprint density at radius 3 is 2.89 bits per heavy atom. The highest BCUT2D eigenvalue weighted by Gasteiger charge is 2.08. The number of halogens is 2. The maximum atomic E-state index is 8.43. The lowest BCUT2D eigenvalue weighted by atomic mass is 10.1. The second kappa shape index (κ2) is 6.80. The summed E-state index contributed by atoms with van der Waals surface area (Å²) in [4.78, 5) is 4.25. The van der Waals surface area contributed by atoms with Gasteiger partial charge < -0.3 is 4.52 Å². The lowest BCUT2D eigenvalue weighted by Crippen LogP contribution is -1.91. The molecule has 19 heavy (non-hydrogen) atoms. The van der Waals surface area contributed by atoms with E-state index in [1.54, 1.807) is 12.1 Å². The van der Waals surface area contributed by atoms with Crippen LogP contribution in [0.4, 0.5) is 0 Å². The molecule has 0 N–H and O–H groups in total. The van der Waals surface area contributed by atoms with Crippen LogP contribution in [0.3, 0.4) is 0 Å². The quantitative estimate of drug-likeness (QED) is 0.787. The monoisotopic (exact) mass is 313 g/mol. The molecule has 0 bridgehead atoms. The molecule has 98 valence electrons. The van der Waals surface area contributed by atoms with Gasteiger partial charge >= 0.3 is 0 Å². The molecule has 0 amide bonds. The van der Waals surface area contributed by atoms with Crippen LogP contribution in [-0.2, 0) is 12.2 Å². The molecule has 0 aliphatic heterocycles. The average molecular weight is 314 g/mol. The first kappa shape index (κ1) is 14.2. The SMILES string of the molecule is N#CCSCc1nc(Cc2ccc(Cl)c(Cl)c2)no1. The van der Waals surface area contributed by atoms with Crippen LogP contribution in [0.5, 0.6) is 0 Å². The normalized spacial score (nSPS) is 10.4. The number of benzene rings is 1. The van der Waals surface area contributed by atoms with Crippen molar-refractivity contribution in [3.63, 3.8) is 0 Å². The van der Waals surface area contributed by atoms with Crippen LogP contribution in [0.15, 0.2) is 22.7 Å². The fraction of sp³-hybridized carbons (Fsp3) is 0.250. The van der Waals surface area contributed by atoms with Gasteiger partial charge in [0.2, 0.25) is 5.89 Å². The Morgan fingerprint density at radius 1 is 1.32 bits per heavy atom. The van der Waals surface area contributed by atoms with Gasteiger partial charge in [0, 0.05) is 6.42 Å². The molecule has 1 aromatic heterocycles. The third-order valence-corrected chi connectivity index (χ3v) is 3.77. The van der Waals surface area contributed by atoms with Gasteiger partial charge in [-0.2, -0.15) is 10.2 Å². The third kappa shape index (κ3) is 4.13. The van der Waals surface area contributed by atoms with Gasteiger partial charge in [0.25, 0.3) is 0 Å². The second-order valence-electron chi connectivity index (χ2n) is 3.68. The summed E-state index contributed by atoms with van der Waals surface area (Å²) in [6.07, 6.45) is 0.531. The van der Waals surface area contributed by atoms with Gasteiger partial charge in [0.05, 0.1) is 27.6 Å². The van der Waals surface area contributed by atoms with E-state index in [-0.39, 0.29) is 0 Å². The molecular formula is C12H9Cl2N3OS. The van der Waals surface area contributed by atoms with Crippen LogP contribution in [0.25, 0.3) is 0 Å². The number of nitriles is 1. The first-order chi connectivity index (χ1) is 9.19. The summed E-state index contributed by atoms with van der Waals surface area (Å²) in [6.45, 7) is 0. The molecule has 1 heterocycles. The van der Waals surface area contributed by atoms with Crippen molar-refractivity contribution in [2.75, 3.05) is 5.75 Å². The Kier molecular flexibility index (Phi) is 5.08. The van der Waals surface area contributed by atoms with E-state index >= 15 is 0 Å². The Bertz CT molecular complexity index is 609. The van der Waals surface area contributed by atoms with Crippen molar-refractivity contribution in [1.82, 2.24) is 10.1 Å². The standard InChI is InChI=1S/C12H9Cl2N3OS/c13-9-2-1-8(5-10(9)14)6-11-16-12(18-17-11)7-19-4-3-15/h1-2,5H,4,6-7H2. The molecule has 2 rings (SSSR count). The molecule has 0 spiro atoms. The molecule has 0 saturated heterocycles. The average Bonchev–Trinajstić information content (AvgIpc) is 2.82. The molecule has 4 nitrogen and oxygen atoms in total. The number of nitrogens with zero attached hydrogens (tertiary/aromatic N) is 3. The number of hydrogen-bond acceptors (Lipinski definition) is 5. The molecule has 0 saturated carbocycles. The molecule has 0 atom stereocenters. The largest absolute Gasteiger partial charge is 0.338 e. The van der Waals surface area contributed by atoms with Crippen molar-refractivity contribution in [2.45, 2.75) is 12.2 Å². The van der Waals surface area contributed by atoms with Crippen LogP contribution in [-0.4, -0.2) is 15.9 Å². The summed E-state index contributed by atoms with van der Waals surface area (Å²) in [5, 5.41) is 13.3. The van der Waals surface area contributed by atoms with Crippen molar-refractivity contribution < 1.29 is 4.52 Å². The lowest BCUT2D eigenvalue weighted by molar-refractivity contribution is 0.386. The second-order valence-corrected chi connectivity index (χ2v) is 5.48. The number of thioether (sulfide) groups is 1. The first-order valence-electron chi connectivity index (χ1n) is 5.39. The number of hydrogen-bond donors (Lipinski definition) is 0. The minimum absolute atomic E-state index is 0.407. The van der Waals surface area contributed by atoms with Crippen LogP contribution < -0.4 is 0 Å². The van der Waals surface area contributed by atoms with Gasteiger partial charge in [-0.3, -0.25) is 0 Å². The van der Waals surface area contributed by atoms with Gasteiger partial charge in [-0.15, -0.1) is 11.8 Å². The Balaban J connectivity index is 1.99. The van der Waals surface area contributed by atoms with E-state index in [1.807, 2.05) is 12.1 Å². The number of aromatic nitrogens is 2. The molecule has 7 heteroatoms. The maximum absolute atomic E-state index is 8.43. The summed E-state index contributed by atoms with van der Waals surface area (Å²) >= 11 is 13.2. The zero-order valence-corrected chi connectivity index (χ0v) is 12.1. The minimum Gasteiger partial charge on any atom is -0.338 e. The van der Waals surface area contributed by atoms with E-state index in [9.17, 15) is 0 Å². The highest BCUT2D eigenvalue weighted by Crippen LogP contribution is 2.23. The summed E-state index contributed by atoms with van der Waals surface area (Å²) in [5.74, 6) is 2.06. The van der Waals surface area contributed by atoms with Crippen LogP contribution in [0, 0.1) is 11.3 Å². The summed E-state index contributed by atoms with van der Waals surface area (Å²) in [6, 6.07) is 7.43. The molecule has 2 aromatic rings. The van der Waals surface area contributed by atoms with E-state index in [1.165, 1.54) is 11.8 Å². The van der Waals surface area contributed by atoms with Gasteiger partial charge in [0.15, 0.2) is 5.82 Å². The van der Waals surface area contributed by atoms with Crippen molar-refractivity contribution in [3.8, 4) is 6.07 Å². The Labute approximate surface area is 124 Å². The minimum atomic E-state index is 0.407. The third-order valence-electron chi connectivity index (χ3n) is 2.25. The molecular weight excluding hydrogens is 305 g/mol. The van der Waals surface area contributed by atoms with Gasteiger partial charge in [-0.25, -0.2) is 0 Å². The number of rotatable bonds is 5. The zero-order chi connectivity index (χ0) is 13.7. The maximum Gasteiger partial charge on any atom is 0.236 e. The van der Waals surface area contributed by atoms with E-state index in [4.69, 9.17) is 33.0 Å². The van der Waals surface area contributed by atoms with Crippen molar-refractivity contribution in [2.24, 2.45) is 0 Å². The van der Waals surface area contributed by atoms with Crippen molar-refractivity contribution in [1.29, 1.82) is 5.26 Å². The highest BCUT2D eigenvalue weighted by atomic mass is 35.5. The van der Waals surface area contributed by atoms with E-state index in [0.717, 1.165) is 5.56 Å². The van der Waals surface area contributed by atoms with Crippen LogP contribution >= 0.6 is 35.0 Å². The molecule has 0 fully saturated rings. The van der Waals surface area contributed by atoms with E-state index in [2.05, 4.69) is 10.1 Å². The van der Waals surface area contributed by atoms with Gasteiger partial charge in [-0.1, -0.05) is 34.4 Å². The molecule has 0 radical (unpaired) electrons. The highest BCUT2D eigenvalue weighted by molar-refractivity contribution is 7.98. The topological polar surface area (TPSA) is 62.7 Å². The van der Waals surface area contributed by atoms with E-state index in [0.29, 0.717) is 39.7 Å². The molecule has 0 aliphatic carbocycles. The van der Waals surface area contributed by atoms with Crippen molar-refractivity contribution in [3.05, 3.63) is 45.5 Å². The van der Waals surface area contributed by atoms with Gasteiger partial charge in [0.1, 0.15) is 0 Å². The molecule has 0 unspecified atom stereocenters. The summed E-state index contributed by atoms with van der Waals surface area (Å²) in [5.41, 5.74) is 0.964.